The van der Waals surface area contributed by atoms with E-state index < -0.39 is 0 Å². The molecule has 1 heterocycles. The highest BCUT2D eigenvalue weighted by Gasteiger charge is 2.11. The Bertz CT molecular complexity index is 600. The van der Waals surface area contributed by atoms with E-state index in [0.29, 0.717) is 22.9 Å². The van der Waals surface area contributed by atoms with Crippen molar-refractivity contribution in [3.63, 3.8) is 0 Å². The lowest BCUT2D eigenvalue weighted by atomic mass is 10.2. The fourth-order valence-corrected chi connectivity index (χ4v) is 2.97. The molecule has 0 bridgehead atoms. The molecule has 6 heteroatoms. The maximum Gasteiger partial charge on any atom is 0.252 e. The van der Waals surface area contributed by atoms with Crippen molar-refractivity contribution in [3.8, 4) is 5.75 Å². The molecule has 1 N–H and O–H groups in total. The first-order chi connectivity index (χ1) is 9.11. The topological polar surface area (TPSA) is 38.3 Å². The zero-order valence-corrected chi connectivity index (χ0v) is 13.2. The molecule has 0 saturated heterocycles. The number of carbonyl (C=O) groups excluding carboxylic acids is 1. The maximum absolute atomic E-state index is 11.9. The largest absolute Gasteiger partial charge is 0.496 e. The van der Waals surface area contributed by atoms with Gasteiger partial charge in [-0.3, -0.25) is 4.79 Å². The molecule has 1 aromatic carbocycles. The molecule has 0 saturated carbocycles. The molecular weight excluding hydrogens is 350 g/mol. The van der Waals surface area contributed by atoms with Gasteiger partial charge in [0.2, 0.25) is 0 Å². The Labute approximate surface area is 128 Å². The minimum absolute atomic E-state index is 0.135. The van der Waals surface area contributed by atoms with Crippen LogP contribution >= 0.6 is 38.9 Å². The van der Waals surface area contributed by atoms with E-state index in [9.17, 15) is 4.79 Å². The molecule has 0 aliphatic rings. The van der Waals surface area contributed by atoms with Crippen LogP contribution < -0.4 is 10.1 Å². The van der Waals surface area contributed by atoms with E-state index in [1.54, 1.807) is 24.6 Å². The number of thiophene rings is 1. The minimum Gasteiger partial charge on any atom is -0.496 e. The summed E-state index contributed by atoms with van der Waals surface area (Å²) < 4.78 is 6.15. The first-order valence-corrected chi connectivity index (χ1v) is 7.50. The molecule has 0 aliphatic carbocycles. The summed E-state index contributed by atoms with van der Waals surface area (Å²) in [7, 11) is 1.58. The smallest absolute Gasteiger partial charge is 0.252 e. The number of methoxy groups -OCH3 is 1. The van der Waals surface area contributed by atoms with Crippen LogP contribution in [0.5, 0.6) is 5.75 Å². The van der Waals surface area contributed by atoms with Gasteiger partial charge in [-0.2, -0.15) is 0 Å². The van der Waals surface area contributed by atoms with Crippen molar-refractivity contribution in [1.29, 1.82) is 0 Å². The summed E-state index contributed by atoms with van der Waals surface area (Å²) in [6.45, 7) is 0.329. The predicted octanol–water partition coefficient (Wildman–Crippen LogP) is 4.10. The van der Waals surface area contributed by atoms with E-state index in [1.165, 1.54) is 11.3 Å². The zero-order chi connectivity index (χ0) is 13.8. The SMILES string of the molecule is COc1cccc(Cl)c1CNC(=O)c1csc(Br)c1. The number of benzene rings is 1. The fourth-order valence-electron chi connectivity index (χ4n) is 1.60. The van der Waals surface area contributed by atoms with E-state index >= 15 is 0 Å². The molecule has 0 atom stereocenters. The average molecular weight is 361 g/mol. The summed E-state index contributed by atoms with van der Waals surface area (Å²) in [5, 5.41) is 5.20. The van der Waals surface area contributed by atoms with Crippen LogP contribution in [0.15, 0.2) is 33.4 Å². The second-order valence-corrected chi connectivity index (χ2v) is 6.44. The van der Waals surface area contributed by atoms with E-state index in [2.05, 4.69) is 21.2 Å². The molecule has 2 rings (SSSR count). The van der Waals surface area contributed by atoms with Gasteiger partial charge in [-0.15, -0.1) is 11.3 Å². The third-order valence-electron chi connectivity index (χ3n) is 2.55. The normalized spacial score (nSPS) is 10.3. The number of carbonyl (C=O) groups is 1. The summed E-state index contributed by atoms with van der Waals surface area (Å²) >= 11 is 10.9. The molecule has 0 unspecified atom stereocenters. The number of halogens is 2. The van der Waals surface area contributed by atoms with Crippen molar-refractivity contribution in [2.75, 3.05) is 7.11 Å². The van der Waals surface area contributed by atoms with Crippen molar-refractivity contribution in [2.24, 2.45) is 0 Å². The summed E-state index contributed by atoms with van der Waals surface area (Å²) in [6.07, 6.45) is 0. The minimum atomic E-state index is -0.135. The van der Waals surface area contributed by atoms with Gasteiger partial charge in [0, 0.05) is 22.5 Å². The molecule has 0 fully saturated rings. The van der Waals surface area contributed by atoms with Gasteiger partial charge in [0.05, 0.1) is 16.5 Å². The van der Waals surface area contributed by atoms with E-state index in [4.69, 9.17) is 16.3 Å². The van der Waals surface area contributed by atoms with Gasteiger partial charge in [-0.1, -0.05) is 17.7 Å². The molecule has 100 valence electrons. The molecule has 3 nitrogen and oxygen atoms in total. The Kier molecular flexibility index (Phi) is 4.85. The molecule has 1 aromatic heterocycles. The lowest BCUT2D eigenvalue weighted by Crippen LogP contribution is -2.22. The Morgan fingerprint density at radius 1 is 1.53 bits per heavy atom. The van der Waals surface area contributed by atoms with Gasteiger partial charge in [0.15, 0.2) is 0 Å². The van der Waals surface area contributed by atoms with Gasteiger partial charge in [0.25, 0.3) is 5.91 Å². The van der Waals surface area contributed by atoms with Crippen LogP contribution in [-0.2, 0) is 6.54 Å². The third kappa shape index (κ3) is 3.49. The van der Waals surface area contributed by atoms with Crippen molar-refractivity contribution < 1.29 is 9.53 Å². The zero-order valence-electron chi connectivity index (χ0n) is 10.1. The second kappa shape index (κ2) is 6.41. The number of rotatable bonds is 4. The Balaban J connectivity index is 2.09. The van der Waals surface area contributed by atoms with Crippen molar-refractivity contribution in [2.45, 2.75) is 6.54 Å². The quantitative estimate of drug-likeness (QED) is 0.891. The molecule has 1 amide bonds. The monoisotopic (exact) mass is 359 g/mol. The van der Waals surface area contributed by atoms with Crippen LogP contribution in [0.25, 0.3) is 0 Å². The highest BCUT2D eigenvalue weighted by molar-refractivity contribution is 9.11. The second-order valence-electron chi connectivity index (χ2n) is 3.74. The number of ether oxygens (including phenoxy) is 1. The first kappa shape index (κ1) is 14.4. The molecule has 19 heavy (non-hydrogen) atoms. The average Bonchev–Trinajstić information content (AvgIpc) is 2.83. The Hall–Kier alpha value is -1.04. The van der Waals surface area contributed by atoms with Gasteiger partial charge >= 0.3 is 0 Å². The van der Waals surface area contributed by atoms with Gasteiger partial charge in [0.1, 0.15) is 5.75 Å². The van der Waals surface area contributed by atoms with E-state index in [0.717, 1.165) is 9.35 Å². The summed E-state index contributed by atoms with van der Waals surface area (Å²) in [4.78, 5) is 11.9. The van der Waals surface area contributed by atoms with Crippen LogP contribution in [-0.4, -0.2) is 13.0 Å². The fraction of sp³-hybridized carbons (Fsp3) is 0.154. The highest BCUT2D eigenvalue weighted by Crippen LogP contribution is 2.26. The lowest BCUT2D eigenvalue weighted by molar-refractivity contribution is 0.0951. The van der Waals surface area contributed by atoms with E-state index in [1.807, 2.05) is 12.1 Å². The van der Waals surface area contributed by atoms with Crippen LogP contribution in [0.1, 0.15) is 15.9 Å². The molecular formula is C13H11BrClNO2S. The van der Waals surface area contributed by atoms with Crippen LogP contribution in [0.4, 0.5) is 0 Å². The lowest BCUT2D eigenvalue weighted by Gasteiger charge is -2.11. The number of amides is 1. The van der Waals surface area contributed by atoms with Gasteiger partial charge in [-0.05, 0) is 34.1 Å². The molecule has 0 spiro atoms. The predicted molar refractivity (Wildman–Crippen MR) is 81.2 cm³/mol. The Morgan fingerprint density at radius 3 is 2.95 bits per heavy atom. The molecule has 0 radical (unpaired) electrons. The maximum atomic E-state index is 11.9. The summed E-state index contributed by atoms with van der Waals surface area (Å²) in [6, 6.07) is 7.17. The van der Waals surface area contributed by atoms with Gasteiger partial charge in [-0.25, -0.2) is 0 Å². The highest BCUT2D eigenvalue weighted by atomic mass is 79.9. The molecule has 0 aliphatic heterocycles. The summed E-state index contributed by atoms with van der Waals surface area (Å²) in [5.74, 6) is 0.531. The number of hydrogen-bond acceptors (Lipinski definition) is 3. The van der Waals surface area contributed by atoms with Crippen molar-refractivity contribution in [3.05, 3.63) is 49.6 Å². The molecule has 2 aromatic rings. The van der Waals surface area contributed by atoms with Crippen LogP contribution in [0.2, 0.25) is 5.02 Å². The third-order valence-corrected chi connectivity index (χ3v) is 4.41. The summed E-state index contributed by atoms with van der Waals surface area (Å²) in [5.41, 5.74) is 1.40. The Morgan fingerprint density at radius 2 is 2.32 bits per heavy atom. The van der Waals surface area contributed by atoms with Gasteiger partial charge < -0.3 is 10.1 Å². The van der Waals surface area contributed by atoms with Crippen LogP contribution in [0, 0.1) is 0 Å². The number of hydrogen-bond donors (Lipinski definition) is 1. The first-order valence-electron chi connectivity index (χ1n) is 5.45. The van der Waals surface area contributed by atoms with Crippen molar-refractivity contribution >= 4 is 44.8 Å². The van der Waals surface area contributed by atoms with Crippen molar-refractivity contribution in [1.82, 2.24) is 5.32 Å². The van der Waals surface area contributed by atoms with Crippen LogP contribution in [0.3, 0.4) is 0 Å². The number of nitrogens with one attached hydrogen (secondary N) is 1. The van der Waals surface area contributed by atoms with E-state index in [-0.39, 0.29) is 5.91 Å². The standard InChI is InChI=1S/C13H11BrClNO2S/c1-18-11-4-2-3-10(15)9(11)6-16-13(17)8-5-12(14)19-7-8/h2-5,7H,6H2,1H3,(H,16,17).